The van der Waals surface area contributed by atoms with Crippen LogP contribution in [0.15, 0.2) is 30.3 Å². The Kier molecular flexibility index (Phi) is 4.91. The van der Waals surface area contributed by atoms with Crippen molar-refractivity contribution in [2.45, 2.75) is 44.6 Å². The Bertz CT molecular complexity index is 460. The number of fused-ring (bicyclic) bond motifs is 1. The van der Waals surface area contributed by atoms with Crippen LogP contribution < -0.4 is 10.6 Å². The predicted molar refractivity (Wildman–Crippen MR) is 85.0 cm³/mol. The number of carbonyl (C=O) groups excluding carboxylic acids is 1. The first kappa shape index (κ1) is 14.6. The van der Waals surface area contributed by atoms with Crippen molar-refractivity contribution in [3.8, 4) is 0 Å². The summed E-state index contributed by atoms with van der Waals surface area (Å²) >= 11 is 0. The van der Waals surface area contributed by atoms with Crippen LogP contribution in [-0.4, -0.2) is 25.0 Å². The molecule has 2 fully saturated rings. The van der Waals surface area contributed by atoms with Crippen molar-refractivity contribution in [3.63, 3.8) is 0 Å². The molecule has 114 valence electrons. The maximum Gasteiger partial charge on any atom is 0.220 e. The molecule has 3 nitrogen and oxygen atoms in total. The highest BCUT2D eigenvalue weighted by Crippen LogP contribution is 2.32. The van der Waals surface area contributed by atoms with Gasteiger partial charge < -0.3 is 10.6 Å². The zero-order valence-electron chi connectivity index (χ0n) is 12.7. The summed E-state index contributed by atoms with van der Waals surface area (Å²) in [6.45, 7) is 2.33. The van der Waals surface area contributed by atoms with Gasteiger partial charge >= 0.3 is 0 Å². The molecule has 1 aromatic rings. The molecule has 0 bridgehead atoms. The summed E-state index contributed by atoms with van der Waals surface area (Å²) in [6, 6.07) is 10.8. The molecule has 0 aromatic heterocycles. The Balaban J connectivity index is 1.36. The molecule has 3 heteroatoms. The van der Waals surface area contributed by atoms with Crippen LogP contribution in [0.3, 0.4) is 0 Å². The maximum atomic E-state index is 12.1. The Hall–Kier alpha value is -1.35. The van der Waals surface area contributed by atoms with Crippen molar-refractivity contribution in [1.29, 1.82) is 0 Å². The third kappa shape index (κ3) is 4.07. The van der Waals surface area contributed by atoms with Crippen LogP contribution in [0.25, 0.3) is 0 Å². The molecule has 1 heterocycles. The largest absolute Gasteiger partial charge is 0.353 e. The Morgan fingerprint density at radius 3 is 2.81 bits per heavy atom. The zero-order valence-corrected chi connectivity index (χ0v) is 12.7. The minimum absolute atomic E-state index is 0.236. The molecule has 1 saturated heterocycles. The number of amides is 1. The molecule has 2 aliphatic rings. The van der Waals surface area contributed by atoms with Crippen molar-refractivity contribution in [2.24, 2.45) is 11.8 Å². The van der Waals surface area contributed by atoms with Crippen molar-refractivity contribution in [3.05, 3.63) is 35.9 Å². The molecule has 1 aliphatic heterocycles. The summed E-state index contributed by atoms with van der Waals surface area (Å²) in [5.74, 6) is 1.88. The third-order valence-corrected chi connectivity index (χ3v) is 5.03. The van der Waals surface area contributed by atoms with Crippen LogP contribution in [0.4, 0.5) is 0 Å². The number of carbonyl (C=O) groups is 1. The lowest BCUT2D eigenvalue weighted by atomic mass is 9.79. The molecular weight excluding hydrogens is 260 g/mol. The van der Waals surface area contributed by atoms with Crippen LogP contribution in [0.5, 0.6) is 0 Å². The van der Waals surface area contributed by atoms with Crippen molar-refractivity contribution in [1.82, 2.24) is 10.6 Å². The quantitative estimate of drug-likeness (QED) is 0.873. The molecule has 3 atom stereocenters. The maximum absolute atomic E-state index is 12.1. The average Bonchev–Trinajstić information content (AvgIpc) is 2.96. The average molecular weight is 286 g/mol. The van der Waals surface area contributed by atoms with Gasteiger partial charge in [0.25, 0.3) is 0 Å². The Morgan fingerprint density at radius 2 is 1.95 bits per heavy atom. The van der Waals surface area contributed by atoms with E-state index in [1.54, 1.807) is 0 Å². The van der Waals surface area contributed by atoms with Gasteiger partial charge in [0, 0.05) is 12.5 Å². The molecule has 3 rings (SSSR count). The summed E-state index contributed by atoms with van der Waals surface area (Å²) in [5, 5.41) is 6.73. The zero-order chi connectivity index (χ0) is 14.5. The van der Waals surface area contributed by atoms with E-state index >= 15 is 0 Å². The van der Waals surface area contributed by atoms with Crippen LogP contribution >= 0.6 is 0 Å². The van der Waals surface area contributed by atoms with Crippen LogP contribution in [0, 0.1) is 11.8 Å². The Labute approximate surface area is 127 Å². The van der Waals surface area contributed by atoms with Crippen molar-refractivity contribution in [2.75, 3.05) is 13.1 Å². The van der Waals surface area contributed by atoms with E-state index in [1.165, 1.54) is 24.9 Å². The van der Waals surface area contributed by atoms with Gasteiger partial charge in [-0.3, -0.25) is 4.79 Å². The van der Waals surface area contributed by atoms with Gasteiger partial charge in [-0.25, -0.2) is 0 Å². The first-order valence-electron chi connectivity index (χ1n) is 8.35. The van der Waals surface area contributed by atoms with Crippen LogP contribution in [-0.2, 0) is 11.2 Å². The number of benzene rings is 1. The fraction of sp³-hybridized carbons (Fsp3) is 0.611. The lowest BCUT2D eigenvalue weighted by Crippen LogP contribution is -2.40. The second-order valence-corrected chi connectivity index (χ2v) is 6.60. The molecule has 0 spiro atoms. The fourth-order valence-corrected chi connectivity index (χ4v) is 3.83. The highest BCUT2D eigenvalue weighted by atomic mass is 16.1. The third-order valence-electron chi connectivity index (χ3n) is 5.03. The monoisotopic (exact) mass is 286 g/mol. The molecule has 1 saturated carbocycles. The van der Waals surface area contributed by atoms with E-state index in [9.17, 15) is 4.79 Å². The van der Waals surface area contributed by atoms with E-state index in [0.717, 1.165) is 37.6 Å². The topological polar surface area (TPSA) is 41.1 Å². The number of rotatable bonds is 5. The van der Waals surface area contributed by atoms with Gasteiger partial charge in [-0.05, 0) is 62.6 Å². The number of nitrogens with one attached hydrogen (secondary N) is 2. The summed E-state index contributed by atoms with van der Waals surface area (Å²) in [5.41, 5.74) is 1.32. The summed E-state index contributed by atoms with van der Waals surface area (Å²) in [6.07, 6.45) is 6.18. The second kappa shape index (κ2) is 7.08. The minimum Gasteiger partial charge on any atom is -0.353 e. The summed E-state index contributed by atoms with van der Waals surface area (Å²) < 4.78 is 0. The SMILES string of the molecule is O=C(CCCc1ccccc1)NC1CC[C@H]2CNC[C@H]2C1. The van der Waals surface area contributed by atoms with Gasteiger partial charge in [-0.2, -0.15) is 0 Å². The number of hydrogen-bond acceptors (Lipinski definition) is 2. The van der Waals surface area contributed by atoms with Gasteiger partial charge in [0.05, 0.1) is 0 Å². The molecule has 1 aliphatic carbocycles. The first-order valence-corrected chi connectivity index (χ1v) is 8.35. The molecule has 0 radical (unpaired) electrons. The van der Waals surface area contributed by atoms with Crippen molar-refractivity contribution >= 4 is 5.91 Å². The van der Waals surface area contributed by atoms with Gasteiger partial charge in [0.15, 0.2) is 0 Å². The van der Waals surface area contributed by atoms with E-state index in [1.807, 2.05) is 6.07 Å². The van der Waals surface area contributed by atoms with E-state index in [4.69, 9.17) is 0 Å². The number of aryl methyl sites for hydroxylation is 1. The Morgan fingerprint density at radius 1 is 1.14 bits per heavy atom. The van der Waals surface area contributed by atoms with Crippen molar-refractivity contribution < 1.29 is 4.79 Å². The van der Waals surface area contributed by atoms with Gasteiger partial charge in [0.1, 0.15) is 0 Å². The summed E-state index contributed by atoms with van der Waals surface area (Å²) in [4.78, 5) is 12.1. The van der Waals surface area contributed by atoms with E-state index in [0.29, 0.717) is 12.5 Å². The van der Waals surface area contributed by atoms with Gasteiger partial charge in [-0.1, -0.05) is 30.3 Å². The van der Waals surface area contributed by atoms with Crippen LogP contribution in [0.2, 0.25) is 0 Å². The normalized spacial score (nSPS) is 28.1. The lowest BCUT2D eigenvalue weighted by molar-refractivity contribution is -0.122. The van der Waals surface area contributed by atoms with E-state index < -0.39 is 0 Å². The smallest absolute Gasteiger partial charge is 0.220 e. The molecular formula is C18H26N2O. The number of hydrogen-bond donors (Lipinski definition) is 2. The highest BCUT2D eigenvalue weighted by Gasteiger charge is 2.33. The first-order chi connectivity index (χ1) is 10.3. The predicted octanol–water partition coefficient (Wildman–Crippen LogP) is 2.51. The summed E-state index contributed by atoms with van der Waals surface area (Å²) in [7, 11) is 0. The van der Waals surface area contributed by atoms with E-state index in [2.05, 4.69) is 34.9 Å². The molecule has 21 heavy (non-hydrogen) atoms. The van der Waals surface area contributed by atoms with E-state index in [-0.39, 0.29) is 5.91 Å². The van der Waals surface area contributed by atoms with Gasteiger partial charge in [0.2, 0.25) is 5.91 Å². The molecule has 1 unspecified atom stereocenters. The standard InChI is InChI=1S/C18H26N2O/c21-18(8-4-7-14-5-2-1-3-6-14)20-17-10-9-15-12-19-13-16(15)11-17/h1-3,5-6,15-17,19H,4,7-13H2,(H,20,21)/t15-,16+,17?/m0/s1. The lowest BCUT2D eigenvalue weighted by Gasteiger charge is -2.31. The molecule has 2 N–H and O–H groups in total. The van der Waals surface area contributed by atoms with Crippen LogP contribution in [0.1, 0.15) is 37.7 Å². The molecule has 1 amide bonds. The molecule has 1 aromatic carbocycles. The van der Waals surface area contributed by atoms with Gasteiger partial charge in [-0.15, -0.1) is 0 Å². The second-order valence-electron chi connectivity index (χ2n) is 6.60. The highest BCUT2D eigenvalue weighted by molar-refractivity contribution is 5.76. The minimum atomic E-state index is 0.236. The fourth-order valence-electron chi connectivity index (χ4n) is 3.83.